The summed E-state index contributed by atoms with van der Waals surface area (Å²) in [7, 11) is 0. The first-order valence-electron chi connectivity index (χ1n) is 5.54. The zero-order valence-corrected chi connectivity index (χ0v) is 9.89. The number of ether oxygens (including phenoxy) is 1. The van der Waals surface area contributed by atoms with Gasteiger partial charge in [0.15, 0.2) is 0 Å². The van der Waals surface area contributed by atoms with Crippen molar-refractivity contribution in [2.45, 2.75) is 65.1 Å². The molecule has 80 valence electrons. The van der Waals surface area contributed by atoms with Crippen LogP contribution in [0.3, 0.4) is 0 Å². The first kappa shape index (κ1) is 11.8. The van der Waals surface area contributed by atoms with Crippen LogP contribution in [0.25, 0.3) is 0 Å². The second kappa shape index (κ2) is 4.97. The Morgan fingerprint density at radius 3 is 2.64 bits per heavy atom. The normalized spacial score (nSPS) is 25.1. The highest BCUT2D eigenvalue weighted by Crippen LogP contribution is 2.38. The van der Waals surface area contributed by atoms with E-state index in [-0.39, 0.29) is 5.60 Å². The Balaban J connectivity index is 2.09. The minimum Gasteiger partial charge on any atom is -0.367 e. The summed E-state index contributed by atoms with van der Waals surface area (Å²) < 4.78 is 5.54. The summed E-state index contributed by atoms with van der Waals surface area (Å²) in [6, 6.07) is 0. The van der Waals surface area contributed by atoms with Gasteiger partial charge in [-0.1, -0.05) is 18.6 Å². The van der Waals surface area contributed by atoms with Crippen molar-refractivity contribution in [1.29, 1.82) is 0 Å². The average Bonchev–Trinajstić information content (AvgIpc) is 2.71. The van der Waals surface area contributed by atoms with Gasteiger partial charge in [-0.25, -0.2) is 0 Å². The van der Waals surface area contributed by atoms with E-state index < -0.39 is 0 Å². The maximum Gasteiger partial charge on any atom is 0.0892 e. The van der Waals surface area contributed by atoms with Gasteiger partial charge in [-0.15, -0.1) is 0 Å². The monoisotopic (exact) mass is 194 g/mol. The van der Waals surface area contributed by atoms with Crippen molar-refractivity contribution in [1.82, 2.24) is 0 Å². The molecule has 0 bridgehead atoms. The van der Waals surface area contributed by atoms with Crippen LogP contribution >= 0.6 is 0 Å². The summed E-state index contributed by atoms with van der Waals surface area (Å²) in [5, 5.41) is 0. The number of allylic oxidation sites excluding steroid dienone is 2. The Hall–Kier alpha value is -0.300. The lowest BCUT2D eigenvalue weighted by Gasteiger charge is -2.00. The molecule has 1 fully saturated rings. The largest absolute Gasteiger partial charge is 0.367 e. The molecule has 1 aliphatic rings. The van der Waals surface area contributed by atoms with E-state index in [4.69, 9.17) is 4.74 Å². The summed E-state index contributed by atoms with van der Waals surface area (Å²) in [6.07, 6.45) is 10.5. The molecule has 0 spiro atoms. The van der Waals surface area contributed by atoms with Crippen LogP contribution in [0.15, 0.2) is 11.6 Å². The highest BCUT2D eigenvalue weighted by atomic mass is 16.6. The van der Waals surface area contributed by atoms with Crippen LogP contribution in [-0.2, 0) is 4.74 Å². The van der Waals surface area contributed by atoms with Gasteiger partial charge in [-0.05, 0) is 52.9 Å². The topological polar surface area (TPSA) is 12.5 Å². The molecule has 0 aromatic heterocycles. The van der Waals surface area contributed by atoms with Crippen LogP contribution in [0.5, 0.6) is 0 Å². The summed E-state index contributed by atoms with van der Waals surface area (Å²) in [6.45, 7) is 8.53. The summed E-state index contributed by atoms with van der Waals surface area (Å²) in [5.41, 5.74) is 1.65. The van der Waals surface area contributed by atoms with Crippen molar-refractivity contribution < 1.29 is 4.74 Å². The van der Waals surface area contributed by atoms with E-state index in [1.54, 1.807) is 0 Å². The van der Waals surface area contributed by atoms with E-state index in [0.29, 0.717) is 6.10 Å². The van der Waals surface area contributed by atoms with Crippen molar-refractivity contribution in [2.24, 2.45) is 0 Å². The number of rotatable bonds is 6. The van der Waals surface area contributed by atoms with E-state index in [9.17, 15) is 0 Å². The summed E-state index contributed by atoms with van der Waals surface area (Å²) in [4.78, 5) is 0. The smallest absolute Gasteiger partial charge is 0.0892 e. The summed E-state index contributed by atoms with van der Waals surface area (Å²) in [5.74, 6) is 0. The number of hydrogen-bond acceptors (Lipinski definition) is 1. The van der Waals surface area contributed by atoms with E-state index in [2.05, 4.69) is 33.3 Å². The molecular weight excluding hydrogens is 172 g/mol. The van der Waals surface area contributed by atoms with Crippen LogP contribution in [0.2, 0.25) is 0 Å². The van der Waals surface area contributed by atoms with E-state index in [0.717, 1.165) is 12.8 Å². The first-order chi connectivity index (χ1) is 6.56. The molecule has 0 aliphatic carbocycles. The van der Waals surface area contributed by atoms with Gasteiger partial charge >= 0.3 is 0 Å². The molecule has 0 saturated carbocycles. The molecule has 2 radical (unpaired) electrons. The van der Waals surface area contributed by atoms with Crippen molar-refractivity contribution in [2.75, 3.05) is 0 Å². The Kier molecular flexibility index (Phi) is 4.18. The van der Waals surface area contributed by atoms with Gasteiger partial charge in [-0.2, -0.15) is 0 Å². The van der Waals surface area contributed by atoms with Crippen molar-refractivity contribution in [3.05, 3.63) is 18.1 Å². The van der Waals surface area contributed by atoms with E-state index in [1.807, 2.05) is 6.92 Å². The highest BCUT2D eigenvalue weighted by Gasteiger charge is 2.46. The van der Waals surface area contributed by atoms with Crippen molar-refractivity contribution >= 4 is 0 Å². The Morgan fingerprint density at radius 1 is 1.50 bits per heavy atom. The Morgan fingerprint density at radius 2 is 2.14 bits per heavy atom. The molecule has 14 heavy (non-hydrogen) atoms. The highest BCUT2D eigenvalue weighted by molar-refractivity contribution is 5.02. The molecule has 1 heteroatoms. The minimum absolute atomic E-state index is 0.158. The standard InChI is InChI=1S/C13H22O/c1-5-6-7-8-11(2)9-10-12-13(3,4)14-12/h8,12H,6-7,9-10H2,1-4H3/b11-8+. The molecule has 1 rings (SSSR count). The zero-order valence-electron chi connectivity index (χ0n) is 9.89. The fourth-order valence-corrected chi connectivity index (χ4v) is 1.66. The third-order valence-electron chi connectivity index (χ3n) is 2.85. The van der Waals surface area contributed by atoms with Gasteiger partial charge < -0.3 is 4.74 Å². The van der Waals surface area contributed by atoms with Crippen molar-refractivity contribution in [3.63, 3.8) is 0 Å². The lowest BCUT2D eigenvalue weighted by atomic mass is 10.0. The van der Waals surface area contributed by atoms with Crippen LogP contribution in [0.4, 0.5) is 0 Å². The van der Waals surface area contributed by atoms with E-state index in [1.165, 1.54) is 18.4 Å². The van der Waals surface area contributed by atoms with Gasteiger partial charge in [0, 0.05) is 0 Å². The molecule has 1 unspecified atom stereocenters. The van der Waals surface area contributed by atoms with Gasteiger partial charge in [0.05, 0.1) is 11.7 Å². The minimum atomic E-state index is 0.158. The first-order valence-corrected chi connectivity index (χ1v) is 5.54. The molecule has 1 aliphatic heterocycles. The third-order valence-corrected chi connectivity index (χ3v) is 2.85. The fraction of sp³-hybridized carbons (Fsp3) is 0.769. The predicted molar refractivity (Wildman–Crippen MR) is 60.1 cm³/mol. The molecule has 1 nitrogen and oxygen atoms in total. The van der Waals surface area contributed by atoms with Gasteiger partial charge in [0.1, 0.15) is 0 Å². The maximum atomic E-state index is 5.54. The average molecular weight is 194 g/mol. The molecule has 0 aromatic rings. The van der Waals surface area contributed by atoms with Gasteiger partial charge in [0.2, 0.25) is 0 Å². The molecule has 1 saturated heterocycles. The van der Waals surface area contributed by atoms with Crippen LogP contribution in [0, 0.1) is 6.42 Å². The zero-order chi connectivity index (χ0) is 10.6. The second-order valence-corrected chi connectivity index (χ2v) is 4.69. The Labute approximate surface area is 88.5 Å². The van der Waals surface area contributed by atoms with Crippen molar-refractivity contribution in [3.8, 4) is 0 Å². The molecular formula is C13H22O. The maximum absolute atomic E-state index is 5.54. The number of epoxide rings is 1. The summed E-state index contributed by atoms with van der Waals surface area (Å²) >= 11 is 0. The Bertz CT molecular complexity index is 203. The number of unbranched alkanes of at least 4 members (excludes halogenated alkanes) is 2. The van der Waals surface area contributed by atoms with Crippen LogP contribution in [-0.4, -0.2) is 11.7 Å². The van der Waals surface area contributed by atoms with E-state index >= 15 is 0 Å². The molecule has 1 atom stereocenters. The van der Waals surface area contributed by atoms with Crippen LogP contribution < -0.4 is 0 Å². The second-order valence-electron chi connectivity index (χ2n) is 4.69. The predicted octanol–water partition coefficient (Wildman–Crippen LogP) is 3.77. The quantitative estimate of drug-likeness (QED) is 0.356. The molecule has 0 amide bonds. The SMILES string of the molecule is C[C]CC/C=C(\C)CCC1OC1(C)C. The fourth-order valence-electron chi connectivity index (χ4n) is 1.66. The lowest BCUT2D eigenvalue weighted by Crippen LogP contribution is -2.02. The molecule has 0 aromatic carbocycles. The number of hydrogen-bond donors (Lipinski definition) is 0. The van der Waals surface area contributed by atoms with Gasteiger partial charge in [-0.3, -0.25) is 0 Å². The van der Waals surface area contributed by atoms with Crippen LogP contribution in [0.1, 0.15) is 53.4 Å². The lowest BCUT2D eigenvalue weighted by molar-refractivity contribution is 0.320. The third kappa shape index (κ3) is 3.83. The molecule has 1 heterocycles. The van der Waals surface area contributed by atoms with Gasteiger partial charge in [0.25, 0.3) is 0 Å². The molecule has 0 N–H and O–H groups in total.